The fraction of sp³-hybridized carbons (Fsp3) is 0.200. The first-order valence-corrected chi connectivity index (χ1v) is 11.3. The topological polar surface area (TPSA) is 52.0 Å². The molecular weight excluding hydrogens is 388 g/mol. The molecule has 0 atom stereocenters. The summed E-state index contributed by atoms with van der Waals surface area (Å²) in [4.78, 5) is 0. The highest BCUT2D eigenvalue weighted by Crippen LogP contribution is 2.33. The first-order chi connectivity index (χ1) is 15.6. The average Bonchev–Trinajstić information content (AvgIpc) is 2.81. The molecule has 0 spiro atoms. The molecule has 4 aromatic rings. The van der Waals surface area contributed by atoms with Crippen molar-refractivity contribution in [2.24, 2.45) is 11.5 Å². The van der Waals surface area contributed by atoms with Gasteiger partial charge in [0.2, 0.25) is 0 Å². The molecule has 0 aliphatic carbocycles. The molecular formula is C30H32N2. The molecule has 0 unspecified atom stereocenters. The van der Waals surface area contributed by atoms with Gasteiger partial charge in [-0.1, -0.05) is 121 Å². The lowest BCUT2D eigenvalue weighted by atomic mass is 9.65. The Morgan fingerprint density at radius 3 is 0.719 bits per heavy atom. The van der Waals surface area contributed by atoms with Crippen molar-refractivity contribution >= 4 is 0 Å². The zero-order valence-corrected chi connectivity index (χ0v) is 18.5. The lowest BCUT2D eigenvalue weighted by molar-refractivity contribution is 0.209. The van der Waals surface area contributed by atoms with Crippen molar-refractivity contribution in [3.8, 4) is 0 Å². The largest absolute Gasteiger partial charge is 0.323 e. The van der Waals surface area contributed by atoms with Crippen molar-refractivity contribution < 1.29 is 0 Å². The Hall–Kier alpha value is -3.20. The third-order valence-corrected chi connectivity index (χ3v) is 6.44. The predicted octanol–water partition coefficient (Wildman–Crippen LogP) is 5.35. The maximum Gasteiger partial charge on any atom is 0.0425 e. The summed E-state index contributed by atoms with van der Waals surface area (Å²) in [6.07, 6.45) is 2.83. The molecule has 0 aliphatic heterocycles. The van der Waals surface area contributed by atoms with E-state index >= 15 is 0 Å². The van der Waals surface area contributed by atoms with Gasteiger partial charge in [0.25, 0.3) is 0 Å². The van der Waals surface area contributed by atoms with Crippen LogP contribution >= 0.6 is 0 Å². The molecule has 0 saturated heterocycles. The van der Waals surface area contributed by atoms with Gasteiger partial charge in [0.1, 0.15) is 0 Å². The van der Waals surface area contributed by atoms with Crippen molar-refractivity contribution in [3.05, 3.63) is 144 Å². The van der Waals surface area contributed by atoms with Gasteiger partial charge in [-0.3, -0.25) is 0 Å². The summed E-state index contributed by atoms with van der Waals surface area (Å²) in [6, 6.07) is 42.0. The monoisotopic (exact) mass is 420 g/mol. The van der Waals surface area contributed by atoms with Crippen LogP contribution < -0.4 is 11.5 Å². The first kappa shape index (κ1) is 22.0. The van der Waals surface area contributed by atoms with Crippen molar-refractivity contribution in [3.63, 3.8) is 0 Å². The van der Waals surface area contributed by atoms with E-state index in [0.29, 0.717) is 25.7 Å². The van der Waals surface area contributed by atoms with Gasteiger partial charge in [0, 0.05) is 11.1 Å². The molecule has 0 amide bonds. The van der Waals surface area contributed by atoms with Crippen molar-refractivity contribution in [2.45, 2.75) is 36.8 Å². The molecule has 0 radical (unpaired) electrons. The van der Waals surface area contributed by atoms with E-state index in [1.54, 1.807) is 0 Å². The summed E-state index contributed by atoms with van der Waals surface area (Å²) in [5.41, 5.74) is 18.4. The van der Waals surface area contributed by atoms with Gasteiger partial charge in [0.15, 0.2) is 0 Å². The minimum absolute atomic E-state index is 0.651. The lowest BCUT2D eigenvalue weighted by Crippen LogP contribution is -2.70. The van der Waals surface area contributed by atoms with E-state index in [4.69, 9.17) is 11.5 Å². The average molecular weight is 421 g/mol. The summed E-state index contributed by atoms with van der Waals surface area (Å²) in [6.45, 7) is 0. The number of benzene rings is 4. The minimum Gasteiger partial charge on any atom is -0.323 e. The zero-order valence-electron chi connectivity index (χ0n) is 18.5. The van der Waals surface area contributed by atoms with Crippen LogP contribution in [0.2, 0.25) is 0 Å². The fourth-order valence-electron chi connectivity index (χ4n) is 4.67. The molecule has 4 N–H and O–H groups in total. The molecule has 0 fully saturated rings. The van der Waals surface area contributed by atoms with Crippen LogP contribution in [0, 0.1) is 0 Å². The van der Waals surface area contributed by atoms with Crippen molar-refractivity contribution in [1.29, 1.82) is 0 Å². The molecule has 0 saturated carbocycles. The van der Waals surface area contributed by atoms with E-state index in [-0.39, 0.29) is 0 Å². The van der Waals surface area contributed by atoms with Crippen LogP contribution in [0.1, 0.15) is 22.3 Å². The van der Waals surface area contributed by atoms with E-state index in [0.717, 1.165) is 0 Å². The van der Waals surface area contributed by atoms with Gasteiger partial charge in [-0.05, 0) is 47.9 Å². The summed E-state index contributed by atoms with van der Waals surface area (Å²) in [5, 5.41) is 0. The number of nitrogens with two attached hydrogens (primary N) is 2. The van der Waals surface area contributed by atoms with Crippen LogP contribution in [0.15, 0.2) is 121 Å². The summed E-state index contributed by atoms with van der Waals surface area (Å²) >= 11 is 0. The second-order valence-electron chi connectivity index (χ2n) is 8.96. The molecule has 2 heteroatoms. The van der Waals surface area contributed by atoms with Crippen molar-refractivity contribution in [1.82, 2.24) is 0 Å². The summed E-state index contributed by atoms with van der Waals surface area (Å²) < 4.78 is 0. The maximum atomic E-state index is 7.41. The molecule has 4 rings (SSSR count). The van der Waals surface area contributed by atoms with Gasteiger partial charge in [-0.15, -0.1) is 0 Å². The lowest BCUT2D eigenvalue weighted by Gasteiger charge is -2.47. The van der Waals surface area contributed by atoms with Gasteiger partial charge >= 0.3 is 0 Å². The molecule has 0 heterocycles. The predicted molar refractivity (Wildman–Crippen MR) is 134 cm³/mol. The molecule has 32 heavy (non-hydrogen) atoms. The molecule has 162 valence electrons. The quantitative estimate of drug-likeness (QED) is 0.383. The van der Waals surface area contributed by atoms with Gasteiger partial charge in [-0.2, -0.15) is 0 Å². The molecule has 0 aliphatic rings. The maximum absolute atomic E-state index is 7.41. The Labute approximate surface area is 191 Å². The third-order valence-electron chi connectivity index (χ3n) is 6.44. The Morgan fingerprint density at radius 1 is 0.344 bits per heavy atom. The Bertz CT molecular complexity index is 903. The van der Waals surface area contributed by atoms with E-state index in [1.807, 2.05) is 24.3 Å². The van der Waals surface area contributed by atoms with Gasteiger partial charge < -0.3 is 11.5 Å². The highest BCUT2D eigenvalue weighted by molar-refractivity contribution is 5.32. The fourth-order valence-corrected chi connectivity index (χ4v) is 4.67. The highest BCUT2D eigenvalue weighted by atomic mass is 14.9. The molecule has 0 aromatic heterocycles. The van der Waals surface area contributed by atoms with Crippen LogP contribution in [0.5, 0.6) is 0 Å². The van der Waals surface area contributed by atoms with E-state index in [2.05, 4.69) is 97.1 Å². The van der Waals surface area contributed by atoms with Crippen molar-refractivity contribution in [2.75, 3.05) is 0 Å². The number of rotatable bonds is 9. The standard InChI is InChI=1S/C30H32N2/c31-29(21-25-13-5-1-6-14-25,22-26-15-7-2-8-16-26)30(32,23-27-17-9-3-10-18-27)24-28-19-11-4-12-20-28/h1-20H,21-24,31-32H2. The minimum atomic E-state index is -0.651. The second-order valence-corrected chi connectivity index (χ2v) is 8.96. The summed E-state index contributed by atoms with van der Waals surface area (Å²) in [7, 11) is 0. The smallest absolute Gasteiger partial charge is 0.0425 e. The van der Waals surface area contributed by atoms with Crippen LogP contribution in [0.3, 0.4) is 0 Å². The van der Waals surface area contributed by atoms with E-state index in [1.165, 1.54) is 22.3 Å². The summed E-state index contributed by atoms with van der Waals surface area (Å²) in [5.74, 6) is 0. The van der Waals surface area contributed by atoms with Gasteiger partial charge in [0.05, 0.1) is 0 Å². The molecule has 2 nitrogen and oxygen atoms in total. The third kappa shape index (κ3) is 5.34. The number of hydrogen-bond acceptors (Lipinski definition) is 2. The van der Waals surface area contributed by atoms with Crippen LogP contribution in [0.4, 0.5) is 0 Å². The van der Waals surface area contributed by atoms with Crippen LogP contribution in [-0.2, 0) is 25.7 Å². The van der Waals surface area contributed by atoms with E-state index in [9.17, 15) is 0 Å². The highest BCUT2D eigenvalue weighted by Gasteiger charge is 2.46. The Morgan fingerprint density at radius 2 is 0.531 bits per heavy atom. The normalized spacial score (nSPS) is 11.9. The first-order valence-electron chi connectivity index (χ1n) is 11.3. The molecule has 4 aromatic carbocycles. The Balaban J connectivity index is 1.78. The van der Waals surface area contributed by atoms with Crippen LogP contribution in [0.25, 0.3) is 0 Å². The van der Waals surface area contributed by atoms with Crippen LogP contribution in [-0.4, -0.2) is 11.1 Å². The van der Waals surface area contributed by atoms with Gasteiger partial charge in [-0.25, -0.2) is 0 Å². The van der Waals surface area contributed by atoms with E-state index < -0.39 is 11.1 Å². The zero-order chi connectivity index (χ0) is 22.3. The Kier molecular flexibility index (Phi) is 6.84. The SMILES string of the molecule is NC(Cc1ccccc1)(Cc1ccccc1)C(N)(Cc1ccccc1)Cc1ccccc1. The molecule has 0 bridgehead atoms. The second kappa shape index (κ2) is 9.95. The number of hydrogen-bond donors (Lipinski definition) is 2.